The zero-order valence-corrected chi connectivity index (χ0v) is 23.4. The highest BCUT2D eigenvalue weighted by Crippen LogP contribution is 2.34. The predicted molar refractivity (Wildman–Crippen MR) is 155 cm³/mol. The van der Waals surface area contributed by atoms with Crippen molar-refractivity contribution in [1.29, 1.82) is 0 Å². The number of likely N-dealkylation sites (N-methyl/N-ethyl adjacent to an activating group) is 1. The lowest BCUT2D eigenvalue weighted by Crippen LogP contribution is -2.44. The van der Waals surface area contributed by atoms with Gasteiger partial charge in [-0.1, -0.05) is 32.4 Å². The van der Waals surface area contributed by atoms with Crippen LogP contribution in [0.5, 0.6) is 0 Å². The Balaban J connectivity index is 1.51. The molecule has 0 aliphatic carbocycles. The lowest BCUT2D eigenvalue weighted by molar-refractivity contribution is -0.138. The van der Waals surface area contributed by atoms with Crippen LogP contribution in [-0.4, -0.2) is 65.0 Å². The molecule has 1 aromatic carbocycles. The first kappa shape index (κ1) is 29.8. The molecule has 0 unspecified atom stereocenters. The molecule has 1 saturated heterocycles. The number of benzene rings is 1. The van der Waals surface area contributed by atoms with Crippen molar-refractivity contribution in [2.45, 2.75) is 26.6 Å². The van der Waals surface area contributed by atoms with Crippen LogP contribution in [0.15, 0.2) is 78.1 Å². The van der Waals surface area contributed by atoms with Crippen molar-refractivity contribution in [2.75, 3.05) is 38.5 Å². The fraction of sp³-hybridized carbons (Fsp3) is 0.323. The van der Waals surface area contributed by atoms with Crippen LogP contribution in [-0.2, 0) is 12.7 Å². The zero-order valence-electron chi connectivity index (χ0n) is 23.4. The molecule has 4 rings (SSSR count). The van der Waals surface area contributed by atoms with E-state index in [-0.39, 0.29) is 29.3 Å². The Bertz CT molecular complexity index is 1440. The Morgan fingerprint density at radius 1 is 1.17 bits per heavy atom. The summed E-state index contributed by atoms with van der Waals surface area (Å²) in [4.78, 5) is 27.2. The SMILES string of the molecule is C=C1N=CC=CN1/C(C#Cc1cncc(C(=O)Nc2ccc(CN3CCN(C)CC3)c(C(F)(F)F)c2)c1)=C\C(C)C. The minimum absolute atomic E-state index is 0.0547. The second-order valence-corrected chi connectivity index (χ2v) is 10.3. The molecule has 2 aliphatic heterocycles. The van der Waals surface area contributed by atoms with Crippen LogP contribution < -0.4 is 5.32 Å². The molecule has 10 heteroatoms. The molecule has 2 aliphatic rings. The maximum atomic E-state index is 14.0. The molecule has 1 aromatic heterocycles. The van der Waals surface area contributed by atoms with Gasteiger partial charge in [-0.05, 0) is 54.8 Å². The highest BCUT2D eigenvalue weighted by atomic mass is 19.4. The normalized spacial score (nSPS) is 16.6. The van der Waals surface area contributed by atoms with Crippen molar-refractivity contribution >= 4 is 17.8 Å². The Morgan fingerprint density at radius 2 is 1.93 bits per heavy atom. The maximum absolute atomic E-state index is 14.0. The van der Waals surface area contributed by atoms with E-state index in [0.717, 1.165) is 19.2 Å². The molecule has 214 valence electrons. The van der Waals surface area contributed by atoms with Gasteiger partial charge in [-0.25, -0.2) is 4.99 Å². The summed E-state index contributed by atoms with van der Waals surface area (Å²) < 4.78 is 41.9. The van der Waals surface area contributed by atoms with E-state index < -0.39 is 17.6 Å². The van der Waals surface area contributed by atoms with Crippen molar-refractivity contribution in [1.82, 2.24) is 19.7 Å². The molecule has 1 amide bonds. The number of halogens is 3. The quantitative estimate of drug-likeness (QED) is 0.480. The number of nitrogens with one attached hydrogen (secondary N) is 1. The smallest absolute Gasteiger partial charge is 0.322 e. The number of alkyl halides is 3. The van der Waals surface area contributed by atoms with Crippen molar-refractivity contribution < 1.29 is 18.0 Å². The number of anilines is 1. The number of carbonyl (C=O) groups is 1. The number of amides is 1. The summed E-state index contributed by atoms with van der Waals surface area (Å²) in [5.74, 6) is 6.26. The number of allylic oxidation sites excluding steroid dienone is 3. The highest BCUT2D eigenvalue weighted by Gasteiger charge is 2.34. The minimum Gasteiger partial charge on any atom is -0.322 e. The second kappa shape index (κ2) is 13.0. The van der Waals surface area contributed by atoms with Crippen molar-refractivity contribution in [2.24, 2.45) is 10.9 Å². The summed E-state index contributed by atoms with van der Waals surface area (Å²) in [6.45, 7) is 11.2. The number of carbonyl (C=O) groups excluding carboxylic acids is 1. The number of aromatic nitrogens is 1. The fourth-order valence-electron chi connectivity index (χ4n) is 4.39. The fourth-order valence-corrected chi connectivity index (χ4v) is 4.39. The summed E-state index contributed by atoms with van der Waals surface area (Å²) in [7, 11) is 2.00. The summed E-state index contributed by atoms with van der Waals surface area (Å²) in [6, 6.07) is 5.48. The van der Waals surface area contributed by atoms with Gasteiger partial charge in [0.1, 0.15) is 5.82 Å². The largest absolute Gasteiger partial charge is 0.416 e. The molecule has 0 bridgehead atoms. The van der Waals surface area contributed by atoms with Gasteiger partial charge in [0.05, 0.1) is 16.8 Å². The van der Waals surface area contributed by atoms with Gasteiger partial charge in [0, 0.05) is 68.8 Å². The predicted octanol–water partition coefficient (Wildman–Crippen LogP) is 5.36. The van der Waals surface area contributed by atoms with E-state index in [1.165, 1.54) is 24.5 Å². The molecule has 3 heterocycles. The van der Waals surface area contributed by atoms with Crippen LogP contribution in [0.3, 0.4) is 0 Å². The number of rotatable bonds is 6. The Kier molecular flexibility index (Phi) is 9.42. The Morgan fingerprint density at radius 3 is 2.61 bits per heavy atom. The second-order valence-electron chi connectivity index (χ2n) is 10.3. The van der Waals surface area contributed by atoms with E-state index >= 15 is 0 Å². The van der Waals surface area contributed by atoms with E-state index in [2.05, 4.69) is 38.6 Å². The molecule has 0 atom stereocenters. The average Bonchev–Trinajstić information content (AvgIpc) is 2.93. The summed E-state index contributed by atoms with van der Waals surface area (Å²) in [5.41, 5.74) is 0.799. The first-order valence-corrected chi connectivity index (χ1v) is 13.3. The van der Waals surface area contributed by atoms with E-state index in [4.69, 9.17) is 0 Å². The third-order valence-electron chi connectivity index (χ3n) is 6.57. The molecular formula is C31H33F3N6O. The van der Waals surface area contributed by atoms with E-state index in [1.54, 1.807) is 23.3 Å². The van der Waals surface area contributed by atoms with Crippen molar-refractivity contribution in [3.8, 4) is 11.8 Å². The van der Waals surface area contributed by atoms with E-state index in [9.17, 15) is 18.0 Å². The molecule has 41 heavy (non-hydrogen) atoms. The lowest BCUT2D eigenvalue weighted by atomic mass is 10.0. The molecule has 0 radical (unpaired) electrons. The molecule has 7 nitrogen and oxygen atoms in total. The van der Waals surface area contributed by atoms with E-state index in [1.807, 2.05) is 38.1 Å². The average molecular weight is 563 g/mol. The van der Waals surface area contributed by atoms with Crippen LogP contribution >= 0.6 is 0 Å². The van der Waals surface area contributed by atoms with Crippen molar-refractivity contribution in [3.63, 3.8) is 0 Å². The summed E-state index contributed by atoms with van der Waals surface area (Å²) in [5, 5.41) is 2.58. The Hall–Kier alpha value is -4.20. The maximum Gasteiger partial charge on any atom is 0.416 e. The molecule has 0 spiro atoms. The summed E-state index contributed by atoms with van der Waals surface area (Å²) in [6.07, 6.45) is 5.52. The number of aliphatic imine (C=N–C) groups is 1. The Labute approximate surface area is 238 Å². The van der Waals surface area contributed by atoms with Gasteiger partial charge in [-0.15, -0.1) is 0 Å². The first-order chi connectivity index (χ1) is 19.5. The van der Waals surface area contributed by atoms with Crippen LogP contribution in [0.4, 0.5) is 18.9 Å². The van der Waals surface area contributed by atoms with Gasteiger partial charge in [-0.2, -0.15) is 13.2 Å². The minimum atomic E-state index is -4.55. The molecule has 0 saturated carbocycles. The highest BCUT2D eigenvalue weighted by molar-refractivity contribution is 6.04. The van der Waals surface area contributed by atoms with Crippen LogP contribution in [0, 0.1) is 17.8 Å². The number of hydrogen-bond donors (Lipinski definition) is 1. The van der Waals surface area contributed by atoms with Gasteiger partial charge in [0.2, 0.25) is 0 Å². The van der Waals surface area contributed by atoms with Gasteiger partial charge in [-0.3, -0.25) is 19.6 Å². The van der Waals surface area contributed by atoms with Gasteiger partial charge < -0.3 is 10.2 Å². The lowest BCUT2D eigenvalue weighted by Gasteiger charge is -2.33. The third-order valence-corrected chi connectivity index (χ3v) is 6.57. The van der Waals surface area contributed by atoms with Crippen molar-refractivity contribution in [3.05, 3.63) is 95.4 Å². The standard InChI is InChI=1S/C31H33F3N6O/c1-22(2)16-28(40-11-5-10-36-23(40)3)9-6-24-17-26(20-35-19-24)30(41)37-27-8-7-25(29(18-27)31(32,33)34)21-39-14-12-38(4)13-15-39/h5,7-8,10-11,16-20,22H,3,12-15,21H2,1-2,4H3,(H,37,41)/b28-16-. The van der Waals surface area contributed by atoms with Gasteiger partial charge in [0.25, 0.3) is 5.91 Å². The number of piperazine rings is 1. The van der Waals surface area contributed by atoms with Gasteiger partial charge >= 0.3 is 6.18 Å². The third kappa shape index (κ3) is 8.16. The van der Waals surface area contributed by atoms with E-state index in [0.29, 0.717) is 30.2 Å². The van der Waals surface area contributed by atoms with Crippen LogP contribution in [0.2, 0.25) is 0 Å². The van der Waals surface area contributed by atoms with Crippen LogP contribution in [0.25, 0.3) is 0 Å². The number of pyridine rings is 1. The van der Waals surface area contributed by atoms with Crippen LogP contribution in [0.1, 0.15) is 40.9 Å². The first-order valence-electron chi connectivity index (χ1n) is 13.3. The topological polar surface area (TPSA) is 64.1 Å². The molecular weight excluding hydrogens is 529 g/mol. The zero-order chi connectivity index (χ0) is 29.6. The number of hydrogen-bond acceptors (Lipinski definition) is 6. The number of nitrogens with zero attached hydrogens (tertiary/aromatic N) is 5. The molecule has 1 fully saturated rings. The molecule has 2 aromatic rings. The summed E-state index contributed by atoms with van der Waals surface area (Å²) >= 11 is 0. The molecule has 1 N–H and O–H groups in total. The monoisotopic (exact) mass is 562 g/mol. The van der Waals surface area contributed by atoms with Gasteiger partial charge in [0.15, 0.2) is 0 Å².